The van der Waals surface area contributed by atoms with E-state index in [0.717, 1.165) is 6.92 Å². The van der Waals surface area contributed by atoms with Crippen LogP contribution in [0.3, 0.4) is 0 Å². The second-order valence-electron chi connectivity index (χ2n) is 21.2. The average Bonchev–Trinajstić information content (AvgIpc) is 3.32. The third kappa shape index (κ3) is 24.9. The normalized spacial score (nSPS) is 13.4. The molecular formula is C56H98BF14N. The second-order valence-corrected chi connectivity index (χ2v) is 21.2. The van der Waals surface area contributed by atoms with Gasteiger partial charge in [-0.25, -0.2) is 13.7 Å². The molecule has 0 aromatic heterocycles. The zero-order chi connectivity index (χ0) is 54.7. The number of unbranched alkanes of at least 4 members (excludes halogenated alkanes) is 27. The lowest BCUT2D eigenvalue weighted by Gasteiger charge is -2.41. The molecule has 0 amide bonds. The minimum absolute atomic E-state index is 0.0348. The van der Waals surface area contributed by atoms with E-state index in [-0.39, 0.29) is 12.6 Å². The van der Waals surface area contributed by atoms with Gasteiger partial charge in [0.25, 0.3) is 0 Å². The average molecular weight is 1060 g/mol. The Morgan fingerprint density at radius 1 is 0.389 bits per heavy atom. The van der Waals surface area contributed by atoms with E-state index in [0.29, 0.717) is 12.8 Å². The van der Waals surface area contributed by atoms with E-state index in [1.807, 2.05) is 0 Å². The summed E-state index contributed by atoms with van der Waals surface area (Å²) in [4.78, 5) is -2.38. The maximum atomic E-state index is 14.8. The van der Waals surface area contributed by atoms with Crippen molar-refractivity contribution in [3.05, 3.63) is 29.1 Å². The van der Waals surface area contributed by atoms with Crippen molar-refractivity contribution in [2.24, 2.45) is 0 Å². The zero-order valence-electron chi connectivity index (χ0n) is 45.5. The van der Waals surface area contributed by atoms with Gasteiger partial charge in [-0.15, -0.1) is 8.78 Å². The Kier molecular flexibility index (Phi) is 37.0. The fraction of sp³-hybridized carbons (Fsp3) is 0.893. The van der Waals surface area contributed by atoms with Gasteiger partial charge in [0.2, 0.25) is 0 Å². The first-order valence-electron chi connectivity index (χ1n) is 28.8. The molecule has 1 N–H and O–H groups in total. The predicted molar refractivity (Wildman–Crippen MR) is 273 cm³/mol. The Morgan fingerprint density at radius 2 is 0.694 bits per heavy atom. The van der Waals surface area contributed by atoms with Crippen LogP contribution in [-0.2, 0) is 5.92 Å². The summed E-state index contributed by atoms with van der Waals surface area (Å²) in [5, 5.41) is 0. The van der Waals surface area contributed by atoms with Gasteiger partial charge in [0, 0.05) is 18.6 Å². The van der Waals surface area contributed by atoms with Gasteiger partial charge in [-0.1, -0.05) is 241 Å². The van der Waals surface area contributed by atoms with Crippen molar-refractivity contribution in [3.63, 3.8) is 0 Å². The summed E-state index contributed by atoms with van der Waals surface area (Å²) < 4.78 is 195. The molecule has 1 aromatic carbocycles. The smallest absolute Gasteiger partial charge is 0.234 e. The second kappa shape index (κ2) is 37.9. The molecule has 0 saturated carbocycles. The van der Waals surface area contributed by atoms with Crippen LogP contribution in [0.25, 0.3) is 0 Å². The Bertz CT molecular complexity index is 1410. The minimum Gasteiger partial charge on any atom is -0.234 e. The van der Waals surface area contributed by atoms with Gasteiger partial charge in [0.1, 0.15) is 5.56 Å². The molecule has 0 saturated heterocycles. The number of hydrogen-bond acceptors (Lipinski definition) is 0. The van der Waals surface area contributed by atoms with Crippen LogP contribution in [0.5, 0.6) is 0 Å². The molecular weight excluding hydrogens is 963 g/mol. The van der Waals surface area contributed by atoms with Gasteiger partial charge < -0.3 is 0 Å². The van der Waals surface area contributed by atoms with Crippen molar-refractivity contribution in [1.29, 1.82) is 0 Å². The van der Waals surface area contributed by atoms with Crippen LogP contribution in [-0.4, -0.2) is 36.8 Å². The molecule has 0 spiro atoms. The monoisotopic (exact) mass is 1060 g/mol. The number of halogens is 14. The van der Waals surface area contributed by atoms with Gasteiger partial charge in [-0.3, -0.25) is 0 Å². The third-order valence-corrected chi connectivity index (χ3v) is 14.9. The maximum absolute atomic E-state index is 14.8. The molecule has 1 unspecified atom stereocenters. The standard InChI is InChI=1S/C36H76B.C20H21F14N/c1-5-9-13-17-21-25-29-33-37(34-30-26-22-18-14-10-6-2,35-31-27-23-19-15-11-7-3)36-32-28-24-20-16-12-8-4;1-3-5-6-7-8-16(24,25)18(28,29)20(33,34)35(9-4-2)12-10-11(21)14(22)13(15(12)23)17(26,27)19(30,31)32/h5-36H2,1-4H3;10H,3-9H2,1-2H3/q-1;/p+1. The molecule has 1 nitrogen and oxygen atoms in total. The molecule has 72 heavy (non-hydrogen) atoms. The fourth-order valence-electron chi connectivity index (χ4n) is 10.3. The first-order chi connectivity index (χ1) is 34.0. The SMILES string of the molecule is CCCCCCC(F)(F)C(F)(F)C(F)(F)[NH+](CCC)c1cc(F)c(F)c(C(F)(F)C(F)(F)F)c1F.CCCCCCCCC[B-](CCCCCCCCC)(CCCCCCCCC)CCCCCCCCC. The lowest BCUT2D eigenvalue weighted by molar-refractivity contribution is -0.949. The van der Waals surface area contributed by atoms with E-state index < -0.39 is 95.5 Å². The van der Waals surface area contributed by atoms with Gasteiger partial charge >= 0.3 is 30.0 Å². The van der Waals surface area contributed by atoms with Gasteiger partial charge in [0.15, 0.2) is 23.1 Å². The lowest BCUT2D eigenvalue weighted by atomic mass is 9.17. The highest BCUT2D eigenvalue weighted by atomic mass is 19.4. The van der Waals surface area contributed by atoms with Crippen molar-refractivity contribution in [2.75, 3.05) is 6.54 Å². The molecule has 0 aliphatic rings. The number of hydrogen-bond donors (Lipinski definition) is 1. The Labute approximate surface area is 427 Å². The summed E-state index contributed by atoms with van der Waals surface area (Å²) in [6, 6.07) is -6.69. The van der Waals surface area contributed by atoms with E-state index >= 15 is 0 Å². The predicted octanol–water partition coefficient (Wildman–Crippen LogP) is 22.0. The van der Waals surface area contributed by atoms with Crippen molar-refractivity contribution in [3.8, 4) is 0 Å². The van der Waals surface area contributed by atoms with Crippen LogP contribution in [0.15, 0.2) is 6.07 Å². The molecule has 0 fully saturated rings. The zero-order valence-corrected chi connectivity index (χ0v) is 45.5. The number of nitrogens with one attached hydrogen (secondary N) is 1. The van der Waals surface area contributed by atoms with E-state index in [2.05, 4.69) is 27.7 Å². The van der Waals surface area contributed by atoms with Crippen molar-refractivity contribution in [2.45, 2.75) is 315 Å². The molecule has 0 aliphatic carbocycles. The minimum atomic E-state index is -6.75. The first-order valence-corrected chi connectivity index (χ1v) is 28.8. The van der Waals surface area contributed by atoms with Crippen LogP contribution in [0.1, 0.15) is 265 Å². The first kappa shape index (κ1) is 70.3. The molecule has 1 rings (SSSR count). The molecule has 0 radical (unpaired) electrons. The number of quaternary nitrogens is 1. The van der Waals surface area contributed by atoms with Crippen molar-refractivity contribution in [1.82, 2.24) is 0 Å². The van der Waals surface area contributed by atoms with E-state index in [1.165, 1.54) is 180 Å². The lowest BCUT2D eigenvalue weighted by Crippen LogP contribution is -3.17. The van der Waals surface area contributed by atoms with Gasteiger partial charge in [-0.05, 0) is 12.8 Å². The Hall–Kier alpha value is -1.74. The molecule has 1 atom stereocenters. The molecule has 0 heterocycles. The quantitative estimate of drug-likeness (QED) is 0.0218. The number of benzene rings is 1. The summed E-state index contributed by atoms with van der Waals surface area (Å²) in [5.41, 5.74) is -5.66. The van der Waals surface area contributed by atoms with Crippen LogP contribution in [0.2, 0.25) is 25.3 Å². The molecule has 1 aromatic rings. The van der Waals surface area contributed by atoms with E-state index in [1.54, 1.807) is 32.2 Å². The Balaban J connectivity index is 0.00000140. The van der Waals surface area contributed by atoms with E-state index in [9.17, 15) is 61.5 Å². The van der Waals surface area contributed by atoms with Crippen LogP contribution in [0.4, 0.5) is 67.2 Å². The summed E-state index contributed by atoms with van der Waals surface area (Å²) in [6.45, 7) is 10.5. The largest absolute Gasteiger partial charge is 0.464 e. The Morgan fingerprint density at radius 3 is 1.00 bits per heavy atom. The summed E-state index contributed by atoms with van der Waals surface area (Å²) in [7, 11) is 0. The highest BCUT2D eigenvalue weighted by Gasteiger charge is 2.77. The van der Waals surface area contributed by atoms with Crippen LogP contribution >= 0.6 is 0 Å². The molecule has 16 heteroatoms. The van der Waals surface area contributed by atoms with E-state index in [4.69, 9.17) is 0 Å². The maximum Gasteiger partial charge on any atom is 0.464 e. The number of alkyl halides is 11. The summed E-state index contributed by atoms with van der Waals surface area (Å²) in [6.07, 6.45) is 38.6. The summed E-state index contributed by atoms with van der Waals surface area (Å²) >= 11 is 0. The topological polar surface area (TPSA) is 4.44 Å². The van der Waals surface area contributed by atoms with Crippen molar-refractivity contribution >= 4 is 11.8 Å². The molecule has 0 aliphatic heterocycles. The number of rotatable bonds is 44. The fourth-order valence-corrected chi connectivity index (χ4v) is 10.3. The van der Waals surface area contributed by atoms with Gasteiger partial charge in [0.05, 0.1) is 6.54 Å². The molecule has 428 valence electrons. The highest BCUT2D eigenvalue weighted by molar-refractivity contribution is 6.79. The van der Waals surface area contributed by atoms with Crippen LogP contribution in [0, 0.1) is 17.5 Å². The summed E-state index contributed by atoms with van der Waals surface area (Å²) in [5.74, 6) is -27.1. The highest BCUT2D eigenvalue weighted by Crippen LogP contribution is 2.49. The van der Waals surface area contributed by atoms with Gasteiger partial charge in [-0.2, -0.15) is 69.2 Å². The van der Waals surface area contributed by atoms with Crippen molar-refractivity contribution < 1.29 is 66.4 Å². The molecule has 0 bridgehead atoms. The van der Waals surface area contributed by atoms with Crippen LogP contribution < -0.4 is 4.90 Å². The third-order valence-electron chi connectivity index (χ3n) is 14.9.